The fourth-order valence-corrected chi connectivity index (χ4v) is 4.35. The van der Waals surface area contributed by atoms with Crippen molar-refractivity contribution < 1.29 is 61.9 Å². The topological polar surface area (TPSA) is 179 Å². The van der Waals surface area contributed by atoms with Crippen molar-refractivity contribution in [1.29, 1.82) is 0 Å². The van der Waals surface area contributed by atoms with Gasteiger partial charge in [0.05, 0.1) is 18.4 Å². The molecule has 234 valence electrons. The summed E-state index contributed by atoms with van der Waals surface area (Å²) >= 11 is 0. The number of rotatable bonds is 10. The molecule has 0 spiro atoms. The first-order valence-electron chi connectivity index (χ1n) is 13.2. The van der Waals surface area contributed by atoms with Gasteiger partial charge in [-0.25, -0.2) is 14.4 Å². The van der Waals surface area contributed by atoms with Crippen LogP contribution in [0.25, 0.3) is 11.1 Å². The van der Waals surface area contributed by atoms with Crippen molar-refractivity contribution in [3.05, 3.63) is 66.7 Å². The van der Waals surface area contributed by atoms with Gasteiger partial charge in [-0.15, -0.1) is 0 Å². The molecule has 0 unspecified atom stereocenters. The van der Waals surface area contributed by atoms with Crippen molar-refractivity contribution in [3.8, 4) is 11.1 Å². The maximum Gasteiger partial charge on any atom is 0.414 e. The van der Waals surface area contributed by atoms with Gasteiger partial charge in [-0.3, -0.25) is 19.7 Å². The number of anilines is 1. The summed E-state index contributed by atoms with van der Waals surface area (Å²) in [5.74, 6) is -4.35. The van der Waals surface area contributed by atoms with Crippen LogP contribution in [0.2, 0.25) is 0 Å². The van der Waals surface area contributed by atoms with Crippen LogP contribution >= 0.6 is 0 Å². The molecule has 0 bridgehead atoms. The third-order valence-corrected chi connectivity index (χ3v) is 5.99. The smallest absolute Gasteiger partial charge is 0.414 e. The number of benzene rings is 2. The van der Waals surface area contributed by atoms with Gasteiger partial charge >= 0.3 is 35.9 Å². The van der Waals surface area contributed by atoms with Gasteiger partial charge in [-0.1, -0.05) is 49.1 Å². The molecule has 14 heteroatoms. The summed E-state index contributed by atoms with van der Waals surface area (Å²) in [4.78, 5) is 74.4. The molecule has 1 saturated heterocycles. The Balaban J connectivity index is 1.96. The second kappa shape index (κ2) is 15.3. The van der Waals surface area contributed by atoms with E-state index in [0.29, 0.717) is 11.1 Å². The minimum absolute atomic E-state index is 0.0104. The number of esters is 5. The number of amides is 1. The number of carbonyl (C=O) groups excluding carboxylic acids is 6. The maximum atomic E-state index is 13.2. The predicted molar refractivity (Wildman–Crippen MR) is 150 cm³/mol. The molecule has 0 aliphatic carbocycles. The predicted octanol–water partition coefficient (Wildman–Crippen LogP) is 2.94. The van der Waals surface area contributed by atoms with Crippen molar-refractivity contribution in [2.45, 2.75) is 51.5 Å². The van der Waals surface area contributed by atoms with E-state index in [-0.39, 0.29) is 17.9 Å². The zero-order chi connectivity index (χ0) is 32.4. The molecule has 44 heavy (non-hydrogen) atoms. The van der Waals surface area contributed by atoms with Gasteiger partial charge in [0.25, 0.3) is 0 Å². The highest BCUT2D eigenvalue weighted by molar-refractivity contribution is 6.01. The molecule has 1 aliphatic heterocycles. The number of ether oxygens (including phenoxy) is 7. The highest BCUT2D eigenvalue weighted by Gasteiger charge is 2.56. The van der Waals surface area contributed by atoms with Crippen LogP contribution in [0.4, 0.5) is 10.5 Å². The molecule has 2 aromatic rings. The molecular formula is C30H31NO13. The SMILES string of the molecule is C=CCOC(=O)c1ccccc1-c1ccccc1NC(=O)O[C@@H]1O[C@H](C(=O)OC)[C@@H](OC(C)=O)[C@H](OC(C)=O)[C@H]1OC(C)=O. The molecule has 14 nitrogen and oxygen atoms in total. The molecule has 5 atom stereocenters. The van der Waals surface area contributed by atoms with E-state index in [2.05, 4.69) is 11.9 Å². The van der Waals surface area contributed by atoms with Crippen molar-refractivity contribution in [2.24, 2.45) is 0 Å². The van der Waals surface area contributed by atoms with Crippen molar-refractivity contribution >= 4 is 41.6 Å². The van der Waals surface area contributed by atoms with E-state index < -0.39 is 66.6 Å². The lowest BCUT2D eigenvalue weighted by Gasteiger charge is -2.42. The fourth-order valence-electron chi connectivity index (χ4n) is 4.35. The van der Waals surface area contributed by atoms with Crippen LogP contribution in [-0.4, -0.2) is 80.4 Å². The first kappa shape index (κ1) is 33.3. The summed E-state index contributed by atoms with van der Waals surface area (Å²) in [6.07, 6.45) is -8.28. The van der Waals surface area contributed by atoms with Gasteiger partial charge in [0.15, 0.2) is 18.3 Å². The molecule has 3 rings (SSSR count). The Hall–Kier alpha value is -5.24. The van der Waals surface area contributed by atoms with E-state index in [1.807, 2.05) is 0 Å². The summed E-state index contributed by atoms with van der Waals surface area (Å²) in [6, 6.07) is 13.0. The second-order valence-electron chi connectivity index (χ2n) is 9.18. The molecule has 2 aromatic carbocycles. The third-order valence-electron chi connectivity index (χ3n) is 5.99. The number of methoxy groups -OCH3 is 1. The Kier molecular flexibility index (Phi) is 11.6. The quantitative estimate of drug-likeness (QED) is 0.235. The van der Waals surface area contributed by atoms with Crippen LogP contribution in [0, 0.1) is 0 Å². The third kappa shape index (κ3) is 8.41. The van der Waals surface area contributed by atoms with E-state index in [1.54, 1.807) is 42.5 Å². The number of nitrogens with one attached hydrogen (secondary N) is 1. The Morgan fingerprint density at radius 3 is 1.98 bits per heavy atom. The van der Waals surface area contributed by atoms with Gasteiger partial charge in [0.2, 0.25) is 12.4 Å². The normalized spacial score (nSPS) is 20.7. The Bertz CT molecular complexity index is 1420. The highest BCUT2D eigenvalue weighted by Crippen LogP contribution is 2.33. The highest BCUT2D eigenvalue weighted by atomic mass is 16.8. The summed E-state index contributed by atoms with van der Waals surface area (Å²) < 4.78 is 36.7. The average molecular weight is 614 g/mol. The molecule has 1 fully saturated rings. The first-order chi connectivity index (χ1) is 21.0. The van der Waals surface area contributed by atoms with E-state index in [0.717, 1.165) is 27.9 Å². The van der Waals surface area contributed by atoms with Crippen LogP contribution in [-0.2, 0) is 52.3 Å². The molecule has 0 saturated carbocycles. The lowest BCUT2D eigenvalue weighted by molar-refractivity contribution is -0.287. The second-order valence-corrected chi connectivity index (χ2v) is 9.18. The van der Waals surface area contributed by atoms with E-state index in [9.17, 15) is 28.8 Å². The zero-order valence-electron chi connectivity index (χ0n) is 24.3. The molecule has 1 aliphatic rings. The zero-order valence-corrected chi connectivity index (χ0v) is 24.3. The first-order valence-corrected chi connectivity index (χ1v) is 13.2. The lowest BCUT2D eigenvalue weighted by Crippen LogP contribution is -2.64. The minimum Gasteiger partial charge on any atom is -0.467 e. The lowest BCUT2D eigenvalue weighted by atomic mass is 9.97. The van der Waals surface area contributed by atoms with Gasteiger partial charge in [0, 0.05) is 26.3 Å². The fraction of sp³-hybridized carbons (Fsp3) is 0.333. The summed E-state index contributed by atoms with van der Waals surface area (Å²) in [5, 5.41) is 2.54. The number of carbonyl (C=O) groups is 6. The average Bonchev–Trinajstić information content (AvgIpc) is 2.97. The van der Waals surface area contributed by atoms with Crippen molar-refractivity contribution in [1.82, 2.24) is 0 Å². The van der Waals surface area contributed by atoms with Crippen molar-refractivity contribution in [3.63, 3.8) is 0 Å². The van der Waals surface area contributed by atoms with Gasteiger partial charge in [-0.2, -0.15) is 0 Å². The van der Waals surface area contributed by atoms with Crippen LogP contribution in [0.5, 0.6) is 0 Å². The van der Waals surface area contributed by atoms with Crippen LogP contribution < -0.4 is 5.32 Å². The molecule has 1 heterocycles. The molecule has 1 amide bonds. The van der Waals surface area contributed by atoms with Gasteiger partial charge in [-0.05, 0) is 17.7 Å². The largest absolute Gasteiger partial charge is 0.467 e. The molecule has 0 radical (unpaired) electrons. The van der Waals surface area contributed by atoms with Crippen LogP contribution in [0.15, 0.2) is 61.2 Å². The van der Waals surface area contributed by atoms with Crippen LogP contribution in [0.1, 0.15) is 31.1 Å². The maximum absolute atomic E-state index is 13.2. The number of para-hydroxylation sites is 1. The van der Waals surface area contributed by atoms with E-state index in [1.165, 1.54) is 12.1 Å². The van der Waals surface area contributed by atoms with E-state index >= 15 is 0 Å². The summed E-state index contributed by atoms with van der Waals surface area (Å²) in [7, 11) is 1.03. The standard InChI is InChI=1S/C30H31NO13/c1-6-15-39-27(35)21-13-8-7-11-19(21)20-12-9-10-14-22(20)31-30(37)44-29-26(42-18(4)34)24(41-17(3)33)23(40-16(2)32)25(43-29)28(36)38-5/h6-14,23-26,29H,1,15H2,2-5H3,(H,31,37)/t23-,24-,25-,26+,29-/m0/s1. The molecular weight excluding hydrogens is 582 g/mol. The minimum atomic E-state index is -1.85. The molecule has 1 N–H and O–H groups in total. The Morgan fingerprint density at radius 1 is 0.795 bits per heavy atom. The van der Waals surface area contributed by atoms with Gasteiger partial charge in [0.1, 0.15) is 6.61 Å². The Morgan fingerprint density at radius 2 is 1.36 bits per heavy atom. The van der Waals surface area contributed by atoms with Gasteiger partial charge < -0.3 is 33.2 Å². The summed E-state index contributed by atoms with van der Waals surface area (Å²) in [5.41, 5.74) is 1.25. The molecule has 0 aromatic heterocycles. The van der Waals surface area contributed by atoms with Crippen molar-refractivity contribution in [2.75, 3.05) is 19.0 Å². The Labute approximate surface area is 252 Å². The monoisotopic (exact) mass is 613 g/mol. The number of hydrogen-bond donors (Lipinski definition) is 1. The number of hydrogen-bond acceptors (Lipinski definition) is 13. The van der Waals surface area contributed by atoms with Crippen LogP contribution in [0.3, 0.4) is 0 Å². The van der Waals surface area contributed by atoms with E-state index in [4.69, 9.17) is 33.2 Å². The summed E-state index contributed by atoms with van der Waals surface area (Å²) in [6.45, 7) is 6.61.